The summed E-state index contributed by atoms with van der Waals surface area (Å²) in [5.41, 5.74) is 1.68. The van der Waals surface area contributed by atoms with Crippen molar-refractivity contribution in [3.8, 4) is 0 Å². The highest BCUT2D eigenvalue weighted by Gasteiger charge is 2.03. The normalized spacial score (nSPS) is 10.4. The lowest BCUT2D eigenvalue weighted by Gasteiger charge is -2.03. The van der Waals surface area contributed by atoms with Crippen LogP contribution in [0.2, 0.25) is 0 Å². The summed E-state index contributed by atoms with van der Waals surface area (Å²) >= 11 is 0. The molecule has 0 atom stereocenters. The Balaban J connectivity index is 2.61. The van der Waals surface area contributed by atoms with Crippen LogP contribution in [0.1, 0.15) is 15.9 Å². The predicted molar refractivity (Wildman–Crippen MR) is 63.7 cm³/mol. The third-order valence-corrected chi connectivity index (χ3v) is 2.01. The van der Waals surface area contributed by atoms with Crippen molar-refractivity contribution in [2.24, 2.45) is 5.10 Å². The van der Waals surface area contributed by atoms with Crippen molar-refractivity contribution in [2.75, 3.05) is 21.2 Å². The van der Waals surface area contributed by atoms with Crippen molar-refractivity contribution < 1.29 is 9.53 Å². The molecule has 0 saturated heterocycles. The molecule has 16 heavy (non-hydrogen) atoms. The molecule has 1 aromatic rings. The van der Waals surface area contributed by atoms with E-state index in [4.69, 9.17) is 0 Å². The van der Waals surface area contributed by atoms with Crippen LogP contribution in [0.5, 0.6) is 0 Å². The third-order valence-electron chi connectivity index (χ3n) is 2.01. The quantitative estimate of drug-likeness (QED) is 0.439. The first kappa shape index (κ1) is 12.2. The first-order chi connectivity index (χ1) is 7.63. The highest BCUT2D eigenvalue weighted by atomic mass is 16.5. The van der Waals surface area contributed by atoms with Gasteiger partial charge in [-0.05, 0) is 17.7 Å². The van der Waals surface area contributed by atoms with Gasteiger partial charge in [-0.15, -0.1) is 0 Å². The summed E-state index contributed by atoms with van der Waals surface area (Å²) < 4.78 is 4.62. The number of rotatable bonds is 4. The summed E-state index contributed by atoms with van der Waals surface area (Å²) in [6, 6.07) is 7.30. The van der Waals surface area contributed by atoms with Gasteiger partial charge in [0, 0.05) is 26.7 Å². The van der Waals surface area contributed by atoms with E-state index in [9.17, 15) is 4.79 Å². The molecule has 0 amide bonds. The average Bonchev–Trinajstić information content (AvgIpc) is 2.28. The van der Waals surface area contributed by atoms with Gasteiger partial charge in [-0.2, -0.15) is 5.10 Å². The van der Waals surface area contributed by atoms with Crippen LogP contribution in [-0.2, 0) is 11.2 Å². The van der Waals surface area contributed by atoms with Crippen molar-refractivity contribution in [3.63, 3.8) is 0 Å². The zero-order chi connectivity index (χ0) is 12.0. The first-order valence-corrected chi connectivity index (χ1v) is 5.00. The second-order valence-electron chi connectivity index (χ2n) is 3.54. The Hall–Kier alpha value is -1.84. The molecule has 0 aliphatic rings. The zero-order valence-corrected chi connectivity index (χ0v) is 9.80. The molecule has 0 unspecified atom stereocenters. The number of carbonyl (C=O) groups is 1. The van der Waals surface area contributed by atoms with Gasteiger partial charge in [-0.1, -0.05) is 12.1 Å². The minimum absolute atomic E-state index is 0.312. The summed E-state index contributed by atoms with van der Waals surface area (Å²) in [5, 5.41) is 5.85. The van der Waals surface area contributed by atoms with Crippen LogP contribution in [0.15, 0.2) is 29.4 Å². The van der Waals surface area contributed by atoms with E-state index in [-0.39, 0.29) is 5.97 Å². The molecule has 0 radical (unpaired) electrons. The molecule has 0 spiro atoms. The molecule has 1 rings (SSSR count). The maximum atomic E-state index is 11.2. The van der Waals surface area contributed by atoms with Crippen LogP contribution in [0, 0.1) is 0 Å². The molecule has 1 aromatic carbocycles. The molecule has 0 bridgehead atoms. The Labute approximate surface area is 95.5 Å². The Morgan fingerprint density at radius 1 is 1.38 bits per heavy atom. The van der Waals surface area contributed by atoms with Gasteiger partial charge in [0.15, 0.2) is 0 Å². The number of carbonyl (C=O) groups excluding carboxylic acids is 1. The van der Waals surface area contributed by atoms with Gasteiger partial charge in [0.05, 0.1) is 12.7 Å². The van der Waals surface area contributed by atoms with E-state index in [2.05, 4.69) is 9.84 Å². The van der Waals surface area contributed by atoms with Crippen molar-refractivity contribution >= 4 is 12.2 Å². The Morgan fingerprint density at radius 2 is 2.00 bits per heavy atom. The molecule has 0 aromatic heterocycles. The summed E-state index contributed by atoms with van der Waals surface area (Å²) in [4.78, 5) is 11.2. The van der Waals surface area contributed by atoms with Gasteiger partial charge >= 0.3 is 5.97 Å². The Kier molecular flexibility index (Phi) is 4.51. The maximum absolute atomic E-state index is 11.2. The van der Waals surface area contributed by atoms with E-state index in [1.807, 2.05) is 32.4 Å². The molecular formula is C12H16N2O2. The highest BCUT2D eigenvalue weighted by Crippen LogP contribution is 2.05. The number of hydrazone groups is 1. The number of benzene rings is 1. The largest absolute Gasteiger partial charge is 0.465 e. The number of hydrogen-bond donors (Lipinski definition) is 0. The molecule has 0 saturated carbocycles. The second kappa shape index (κ2) is 5.90. The number of nitrogens with zero attached hydrogens (tertiary/aromatic N) is 2. The van der Waals surface area contributed by atoms with Crippen LogP contribution in [0.25, 0.3) is 0 Å². The highest BCUT2D eigenvalue weighted by molar-refractivity contribution is 5.89. The van der Waals surface area contributed by atoms with Crippen LogP contribution in [0.4, 0.5) is 0 Å². The monoisotopic (exact) mass is 220 g/mol. The van der Waals surface area contributed by atoms with E-state index in [0.717, 1.165) is 12.0 Å². The summed E-state index contributed by atoms with van der Waals surface area (Å²) in [6.07, 6.45) is 2.58. The standard InChI is InChI=1S/C12H16N2O2/c1-14(2)13-9-8-10-4-6-11(7-5-10)12(15)16-3/h4-7,9H,8H2,1-3H3. The lowest BCUT2D eigenvalue weighted by molar-refractivity contribution is 0.0601. The molecule has 4 heteroatoms. The summed E-state index contributed by atoms with van der Waals surface area (Å²) in [7, 11) is 5.12. The summed E-state index contributed by atoms with van der Waals surface area (Å²) in [5.74, 6) is -0.312. The van der Waals surface area contributed by atoms with Crippen molar-refractivity contribution in [2.45, 2.75) is 6.42 Å². The number of ether oxygens (including phenoxy) is 1. The molecule has 0 N–H and O–H groups in total. The van der Waals surface area contributed by atoms with Crippen molar-refractivity contribution in [1.29, 1.82) is 0 Å². The Bertz CT molecular complexity index is 369. The topological polar surface area (TPSA) is 41.9 Å². The fraction of sp³-hybridized carbons (Fsp3) is 0.333. The lowest BCUT2D eigenvalue weighted by Crippen LogP contribution is -2.03. The molecule has 4 nitrogen and oxygen atoms in total. The Morgan fingerprint density at radius 3 is 2.50 bits per heavy atom. The van der Waals surface area contributed by atoms with Gasteiger partial charge in [0.25, 0.3) is 0 Å². The average molecular weight is 220 g/mol. The molecular weight excluding hydrogens is 204 g/mol. The predicted octanol–water partition coefficient (Wildman–Crippen LogP) is 1.56. The lowest BCUT2D eigenvalue weighted by atomic mass is 10.1. The van der Waals surface area contributed by atoms with E-state index in [1.165, 1.54) is 7.11 Å². The minimum Gasteiger partial charge on any atom is -0.465 e. The fourth-order valence-corrected chi connectivity index (χ4v) is 1.20. The van der Waals surface area contributed by atoms with Gasteiger partial charge in [0.1, 0.15) is 0 Å². The van der Waals surface area contributed by atoms with E-state index in [0.29, 0.717) is 5.56 Å². The fourth-order valence-electron chi connectivity index (χ4n) is 1.20. The third kappa shape index (κ3) is 3.73. The molecule has 0 aliphatic heterocycles. The zero-order valence-electron chi connectivity index (χ0n) is 9.80. The maximum Gasteiger partial charge on any atom is 0.337 e. The molecule has 0 fully saturated rings. The van der Waals surface area contributed by atoms with Crippen LogP contribution < -0.4 is 0 Å². The van der Waals surface area contributed by atoms with Gasteiger partial charge < -0.3 is 9.75 Å². The minimum atomic E-state index is -0.312. The van der Waals surface area contributed by atoms with Crippen LogP contribution in [0.3, 0.4) is 0 Å². The van der Waals surface area contributed by atoms with Gasteiger partial charge in [-0.3, -0.25) is 0 Å². The van der Waals surface area contributed by atoms with E-state index < -0.39 is 0 Å². The van der Waals surface area contributed by atoms with Gasteiger partial charge in [-0.25, -0.2) is 4.79 Å². The smallest absolute Gasteiger partial charge is 0.337 e. The van der Waals surface area contributed by atoms with Crippen LogP contribution >= 0.6 is 0 Å². The molecule has 86 valence electrons. The number of hydrogen-bond acceptors (Lipinski definition) is 4. The summed E-state index contributed by atoms with van der Waals surface area (Å²) in [6.45, 7) is 0. The number of methoxy groups -OCH3 is 1. The number of esters is 1. The molecule has 0 heterocycles. The van der Waals surface area contributed by atoms with E-state index >= 15 is 0 Å². The van der Waals surface area contributed by atoms with Gasteiger partial charge in [0.2, 0.25) is 0 Å². The van der Waals surface area contributed by atoms with Crippen molar-refractivity contribution in [3.05, 3.63) is 35.4 Å². The SMILES string of the molecule is COC(=O)c1ccc(CC=NN(C)C)cc1. The van der Waals surface area contributed by atoms with Crippen LogP contribution in [-0.4, -0.2) is 38.4 Å². The van der Waals surface area contributed by atoms with E-state index in [1.54, 1.807) is 17.1 Å². The second-order valence-corrected chi connectivity index (χ2v) is 3.54. The first-order valence-electron chi connectivity index (χ1n) is 5.00. The molecule has 0 aliphatic carbocycles. The van der Waals surface area contributed by atoms with Crippen molar-refractivity contribution in [1.82, 2.24) is 5.01 Å².